The van der Waals surface area contributed by atoms with Gasteiger partial charge in [-0.3, -0.25) is 0 Å². The van der Waals surface area contributed by atoms with Crippen LogP contribution in [0.25, 0.3) is 0 Å². The Kier molecular flexibility index (Phi) is 5.06. The monoisotopic (exact) mass is 277 g/mol. The van der Waals surface area contributed by atoms with Crippen LogP contribution in [-0.2, 0) is 4.74 Å². The van der Waals surface area contributed by atoms with Crippen molar-refractivity contribution in [1.29, 1.82) is 0 Å². The van der Waals surface area contributed by atoms with Gasteiger partial charge >= 0.3 is 0 Å². The Morgan fingerprint density at radius 3 is 2.25 bits per heavy atom. The maximum Gasteiger partial charge on any atom is 0.119 e. The molecule has 0 aliphatic heterocycles. The van der Waals surface area contributed by atoms with Crippen molar-refractivity contribution in [3.05, 3.63) is 29.8 Å². The largest absolute Gasteiger partial charge is 0.491 e. The second-order valence-electron chi connectivity index (χ2n) is 6.02. The van der Waals surface area contributed by atoms with Crippen molar-refractivity contribution in [2.24, 2.45) is 0 Å². The fourth-order valence-electron chi connectivity index (χ4n) is 2.87. The van der Waals surface area contributed by atoms with E-state index in [-0.39, 0.29) is 11.7 Å². The molecule has 1 aliphatic rings. The number of rotatable bonds is 7. The van der Waals surface area contributed by atoms with Crippen LogP contribution in [0, 0.1) is 0 Å². The first-order valence-electron chi connectivity index (χ1n) is 7.57. The van der Waals surface area contributed by atoms with E-state index in [1.165, 1.54) is 24.8 Å². The van der Waals surface area contributed by atoms with Crippen molar-refractivity contribution in [1.82, 2.24) is 5.32 Å². The van der Waals surface area contributed by atoms with Crippen LogP contribution >= 0.6 is 0 Å². The molecule has 20 heavy (non-hydrogen) atoms. The predicted octanol–water partition coefficient (Wildman–Crippen LogP) is 3.69. The zero-order chi connectivity index (χ0) is 14.6. The van der Waals surface area contributed by atoms with Gasteiger partial charge in [-0.05, 0) is 64.3 Å². The number of methoxy groups -OCH3 is 1. The average molecular weight is 277 g/mol. The lowest BCUT2D eigenvalue weighted by Crippen LogP contribution is -2.42. The van der Waals surface area contributed by atoms with Gasteiger partial charge in [0.15, 0.2) is 0 Å². The van der Waals surface area contributed by atoms with Gasteiger partial charge in [0.1, 0.15) is 5.75 Å². The van der Waals surface area contributed by atoms with Crippen molar-refractivity contribution in [3.63, 3.8) is 0 Å². The van der Waals surface area contributed by atoms with E-state index in [2.05, 4.69) is 29.6 Å². The normalized spacial score (nSPS) is 18.6. The molecule has 2 rings (SSSR count). The molecule has 1 aromatic rings. The van der Waals surface area contributed by atoms with E-state index in [1.54, 1.807) is 0 Å². The molecule has 0 bridgehead atoms. The Labute approximate surface area is 122 Å². The lowest BCUT2D eigenvalue weighted by Gasteiger charge is -2.43. The summed E-state index contributed by atoms with van der Waals surface area (Å²) >= 11 is 0. The fourth-order valence-corrected chi connectivity index (χ4v) is 2.87. The molecule has 112 valence electrons. The molecule has 3 nitrogen and oxygen atoms in total. The Balaban J connectivity index is 2.03. The van der Waals surface area contributed by atoms with Crippen molar-refractivity contribution in [2.75, 3.05) is 14.2 Å². The molecule has 3 heteroatoms. The molecule has 0 heterocycles. The maximum atomic E-state index is 5.74. The molecule has 1 fully saturated rings. The van der Waals surface area contributed by atoms with Crippen molar-refractivity contribution in [2.45, 2.75) is 57.3 Å². The third-order valence-corrected chi connectivity index (χ3v) is 4.28. The molecule has 1 aromatic carbocycles. The first kappa shape index (κ1) is 15.3. The molecule has 1 N–H and O–H groups in total. The summed E-state index contributed by atoms with van der Waals surface area (Å²) in [6.07, 6.45) is 4.88. The zero-order valence-electron chi connectivity index (χ0n) is 13.1. The highest BCUT2D eigenvalue weighted by Crippen LogP contribution is 2.41. The minimum atomic E-state index is 0.0841. The second kappa shape index (κ2) is 6.59. The summed E-state index contributed by atoms with van der Waals surface area (Å²) in [6, 6.07) is 8.75. The van der Waals surface area contributed by atoms with Crippen molar-refractivity contribution < 1.29 is 9.47 Å². The molecule has 1 aliphatic carbocycles. The number of ether oxygens (including phenoxy) is 2. The van der Waals surface area contributed by atoms with E-state index in [0.29, 0.717) is 6.04 Å². The minimum Gasteiger partial charge on any atom is -0.491 e. The van der Waals surface area contributed by atoms with Gasteiger partial charge in [0, 0.05) is 13.2 Å². The minimum absolute atomic E-state index is 0.0841. The van der Waals surface area contributed by atoms with Crippen LogP contribution in [0.15, 0.2) is 24.3 Å². The van der Waals surface area contributed by atoms with Gasteiger partial charge in [0.05, 0.1) is 11.7 Å². The molecule has 0 aromatic heterocycles. The predicted molar refractivity (Wildman–Crippen MR) is 82.2 cm³/mol. The summed E-state index contributed by atoms with van der Waals surface area (Å²) in [4.78, 5) is 0. The van der Waals surface area contributed by atoms with Crippen LogP contribution in [0.5, 0.6) is 5.75 Å². The zero-order valence-corrected chi connectivity index (χ0v) is 13.1. The molecular formula is C17H27NO2. The van der Waals surface area contributed by atoms with E-state index in [9.17, 15) is 0 Å². The van der Waals surface area contributed by atoms with E-state index in [1.807, 2.05) is 28.0 Å². The van der Waals surface area contributed by atoms with Gasteiger partial charge in [-0.1, -0.05) is 12.1 Å². The van der Waals surface area contributed by atoms with Crippen molar-refractivity contribution in [3.8, 4) is 5.75 Å². The van der Waals surface area contributed by atoms with Gasteiger partial charge in [-0.15, -0.1) is 0 Å². The Bertz CT molecular complexity index is 404. The Hall–Kier alpha value is -1.06. The van der Waals surface area contributed by atoms with Gasteiger partial charge in [0.25, 0.3) is 0 Å². The van der Waals surface area contributed by atoms with E-state index in [0.717, 1.165) is 12.2 Å². The smallest absolute Gasteiger partial charge is 0.119 e. The lowest BCUT2D eigenvalue weighted by atomic mass is 9.74. The van der Waals surface area contributed by atoms with Crippen LogP contribution in [0.3, 0.4) is 0 Å². The van der Waals surface area contributed by atoms with E-state index < -0.39 is 0 Å². The fraction of sp³-hybridized carbons (Fsp3) is 0.647. The van der Waals surface area contributed by atoms with Crippen LogP contribution in [0.1, 0.15) is 51.1 Å². The van der Waals surface area contributed by atoms with Gasteiger partial charge in [0.2, 0.25) is 0 Å². The SMILES string of the molecule is CNC(CC1(OC)CCC1)c1ccc(OC(C)C)cc1. The quantitative estimate of drug-likeness (QED) is 0.824. The van der Waals surface area contributed by atoms with Crippen LogP contribution in [0.2, 0.25) is 0 Å². The molecular weight excluding hydrogens is 250 g/mol. The topological polar surface area (TPSA) is 30.5 Å². The van der Waals surface area contributed by atoms with Crippen molar-refractivity contribution >= 4 is 0 Å². The summed E-state index contributed by atoms with van der Waals surface area (Å²) in [5.74, 6) is 0.934. The van der Waals surface area contributed by atoms with Gasteiger partial charge < -0.3 is 14.8 Å². The highest BCUT2D eigenvalue weighted by atomic mass is 16.5. The summed E-state index contributed by atoms with van der Waals surface area (Å²) in [5, 5.41) is 3.42. The highest BCUT2D eigenvalue weighted by Gasteiger charge is 2.39. The number of nitrogens with one attached hydrogen (secondary N) is 1. The summed E-state index contributed by atoms with van der Waals surface area (Å²) in [5.41, 5.74) is 1.38. The summed E-state index contributed by atoms with van der Waals surface area (Å²) in [7, 11) is 3.86. The summed E-state index contributed by atoms with van der Waals surface area (Å²) in [6.45, 7) is 4.09. The molecule has 1 atom stereocenters. The van der Waals surface area contributed by atoms with Crippen LogP contribution in [-0.4, -0.2) is 25.9 Å². The number of benzene rings is 1. The second-order valence-corrected chi connectivity index (χ2v) is 6.02. The Morgan fingerprint density at radius 2 is 1.85 bits per heavy atom. The molecule has 0 saturated heterocycles. The third kappa shape index (κ3) is 3.53. The molecule has 1 unspecified atom stereocenters. The van der Waals surface area contributed by atoms with Gasteiger partial charge in [-0.2, -0.15) is 0 Å². The molecule has 0 radical (unpaired) electrons. The molecule has 1 saturated carbocycles. The van der Waals surface area contributed by atoms with Crippen LogP contribution in [0.4, 0.5) is 0 Å². The lowest BCUT2D eigenvalue weighted by molar-refractivity contribution is -0.0834. The standard InChI is InChI=1S/C17H27NO2/c1-13(2)20-15-8-6-14(7-9-15)16(18-3)12-17(19-4)10-5-11-17/h6-9,13,16,18H,5,10-12H2,1-4H3. The number of hydrogen-bond acceptors (Lipinski definition) is 3. The number of hydrogen-bond donors (Lipinski definition) is 1. The van der Waals surface area contributed by atoms with E-state index >= 15 is 0 Å². The first-order chi connectivity index (χ1) is 9.58. The first-order valence-corrected chi connectivity index (χ1v) is 7.57. The maximum absolute atomic E-state index is 5.74. The highest BCUT2D eigenvalue weighted by molar-refractivity contribution is 5.29. The average Bonchev–Trinajstić information content (AvgIpc) is 2.39. The molecule has 0 amide bonds. The third-order valence-electron chi connectivity index (χ3n) is 4.28. The van der Waals surface area contributed by atoms with Crippen LogP contribution < -0.4 is 10.1 Å². The summed E-state index contributed by atoms with van der Waals surface area (Å²) < 4.78 is 11.4. The van der Waals surface area contributed by atoms with E-state index in [4.69, 9.17) is 9.47 Å². The molecule has 0 spiro atoms. The van der Waals surface area contributed by atoms with Gasteiger partial charge in [-0.25, -0.2) is 0 Å². The Morgan fingerprint density at radius 1 is 1.20 bits per heavy atom.